The van der Waals surface area contributed by atoms with Gasteiger partial charge in [0.1, 0.15) is 0 Å². The summed E-state index contributed by atoms with van der Waals surface area (Å²) in [6.07, 6.45) is 1.10. The third kappa shape index (κ3) is 2.45. The van der Waals surface area contributed by atoms with E-state index in [4.69, 9.17) is 5.26 Å². The number of rotatable bonds is 1. The molecule has 0 aliphatic carbocycles. The van der Waals surface area contributed by atoms with Gasteiger partial charge in [-0.15, -0.1) is 0 Å². The van der Waals surface area contributed by atoms with Crippen LogP contribution in [0.3, 0.4) is 0 Å². The number of urea groups is 1. The highest BCUT2D eigenvalue weighted by Gasteiger charge is 2.37. The minimum absolute atomic E-state index is 0.0542. The van der Waals surface area contributed by atoms with E-state index in [9.17, 15) is 4.79 Å². The van der Waals surface area contributed by atoms with Crippen LogP contribution in [0.15, 0.2) is 0 Å². The van der Waals surface area contributed by atoms with Crippen molar-refractivity contribution in [3.8, 4) is 6.07 Å². The van der Waals surface area contributed by atoms with Crippen LogP contribution in [0, 0.1) is 35.0 Å². The summed E-state index contributed by atoms with van der Waals surface area (Å²) in [4.78, 5) is 16.1. The predicted molar refractivity (Wildman–Crippen MR) is 69.8 cm³/mol. The van der Waals surface area contributed by atoms with Crippen molar-refractivity contribution in [3.05, 3.63) is 0 Å². The Bertz CT molecular complexity index is 355. The molecule has 0 aromatic heterocycles. The molecule has 0 saturated carbocycles. The van der Waals surface area contributed by atoms with Crippen LogP contribution in [-0.2, 0) is 0 Å². The SMILES string of the molecule is CC(C)[C@H]1CN(C(=O)N2CC(C#N)C2)CC[C@H]1C. The summed E-state index contributed by atoms with van der Waals surface area (Å²) in [6, 6.07) is 2.35. The van der Waals surface area contributed by atoms with E-state index in [1.54, 1.807) is 4.90 Å². The van der Waals surface area contributed by atoms with Crippen LogP contribution >= 0.6 is 0 Å². The zero-order chi connectivity index (χ0) is 13.3. The van der Waals surface area contributed by atoms with Crippen molar-refractivity contribution in [2.75, 3.05) is 26.2 Å². The van der Waals surface area contributed by atoms with Gasteiger partial charge >= 0.3 is 6.03 Å². The highest BCUT2D eigenvalue weighted by molar-refractivity contribution is 5.75. The van der Waals surface area contributed by atoms with Gasteiger partial charge in [0.25, 0.3) is 0 Å². The lowest BCUT2D eigenvalue weighted by Gasteiger charge is -2.44. The molecule has 0 bridgehead atoms. The number of nitriles is 1. The Balaban J connectivity index is 1.90. The number of likely N-dealkylation sites (tertiary alicyclic amines) is 2. The molecule has 2 saturated heterocycles. The Hall–Kier alpha value is -1.24. The average Bonchev–Trinajstić information content (AvgIpc) is 2.27. The van der Waals surface area contributed by atoms with Crippen LogP contribution in [0.5, 0.6) is 0 Å². The fraction of sp³-hybridized carbons (Fsp3) is 0.857. The minimum atomic E-state index is 0.0542. The molecule has 2 aliphatic heterocycles. The molecule has 2 rings (SSSR count). The quantitative estimate of drug-likeness (QED) is 0.715. The molecule has 0 aromatic carbocycles. The molecule has 2 fully saturated rings. The Morgan fingerprint density at radius 2 is 1.94 bits per heavy atom. The number of carbonyl (C=O) groups is 1. The molecule has 100 valence electrons. The minimum Gasteiger partial charge on any atom is -0.324 e. The van der Waals surface area contributed by atoms with Gasteiger partial charge in [0.05, 0.1) is 12.0 Å². The number of piperidine rings is 1. The second-order valence-electron chi connectivity index (χ2n) is 6.13. The van der Waals surface area contributed by atoms with E-state index in [-0.39, 0.29) is 11.9 Å². The number of nitrogens with zero attached hydrogens (tertiary/aromatic N) is 3. The van der Waals surface area contributed by atoms with Crippen LogP contribution in [0.25, 0.3) is 0 Å². The summed E-state index contributed by atoms with van der Waals surface area (Å²) in [6.45, 7) is 9.76. The third-order valence-corrected chi connectivity index (χ3v) is 4.48. The molecule has 4 heteroatoms. The molecule has 0 aromatic rings. The van der Waals surface area contributed by atoms with Gasteiger partial charge in [-0.05, 0) is 24.2 Å². The lowest BCUT2D eigenvalue weighted by atomic mass is 9.80. The Morgan fingerprint density at radius 1 is 1.28 bits per heavy atom. The van der Waals surface area contributed by atoms with E-state index in [1.807, 2.05) is 4.90 Å². The first-order valence-corrected chi connectivity index (χ1v) is 6.96. The van der Waals surface area contributed by atoms with Gasteiger partial charge in [-0.3, -0.25) is 0 Å². The van der Waals surface area contributed by atoms with Crippen molar-refractivity contribution in [3.63, 3.8) is 0 Å². The molecule has 2 atom stereocenters. The summed E-state index contributed by atoms with van der Waals surface area (Å²) in [5.41, 5.74) is 0. The molecule has 0 N–H and O–H groups in total. The number of carbonyl (C=O) groups excluding carboxylic acids is 1. The van der Waals surface area contributed by atoms with Crippen molar-refractivity contribution >= 4 is 6.03 Å². The summed E-state index contributed by atoms with van der Waals surface area (Å²) in [7, 11) is 0. The van der Waals surface area contributed by atoms with E-state index in [0.717, 1.165) is 19.5 Å². The summed E-state index contributed by atoms with van der Waals surface area (Å²) >= 11 is 0. The molecule has 0 radical (unpaired) electrons. The van der Waals surface area contributed by atoms with Gasteiger partial charge in [0, 0.05) is 26.2 Å². The third-order valence-electron chi connectivity index (χ3n) is 4.48. The highest BCUT2D eigenvalue weighted by Crippen LogP contribution is 2.30. The first kappa shape index (κ1) is 13.2. The smallest absolute Gasteiger partial charge is 0.320 e. The van der Waals surface area contributed by atoms with Crippen LogP contribution in [0.1, 0.15) is 27.2 Å². The van der Waals surface area contributed by atoms with Gasteiger partial charge in [-0.2, -0.15) is 5.26 Å². The number of amides is 2. The van der Waals surface area contributed by atoms with Crippen LogP contribution in [0.4, 0.5) is 4.79 Å². The predicted octanol–water partition coefficient (Wildman–Crippen LogP) is 2.18. The molecule has 4 nitrogen and oxygen atoms in total. The van der Waals surface area contributed by atoms with Gasteiger partial charge in [0.2, 0.25) is 0 Å². The fourth-order valence-corrected chi connectivity index (χ4v) is 3.06. The second kappa shape index (κ2) is 5.17. The zero-order valence-corrected chi connectivity index (χ0v) is 11.6. The molecule has 2 aliphatic rings. The first-order chi connectivity index (χ1) is 8.52. The standard InChI is InChI=1S/C14H23N3O/c1-10(2)13-9-16(5-4-11(13)3)14(18)17-7-12(6-15)8-17/h10-13H,4-5,7-9H2,1-3H3/t11-,13-/m1/s1. The summed E-state index contributed by atoms with van der Waals surface area (Å²) < 4.78 is 0. The second-order valence-corrected chi connectivity index (χ2v) is 6.13. The van der Waals surface area contributed by atoms with E-state index in [1.165, 1.54) is 0 Å². The van der Waals surface area contributed by atoms with Gasteiger partial charge < -0.3 is 9.80 Å². The Kier molecular flexibility index (Phi) is 3.79. The molecule has 0 spiro atoms. The van der Waals surface area contributed by atoms with Crippen LogP contribution < -0.4 is 0 Å². The lowest BCUT2D eigenvalue weighted by Crippen LogP contribution is -2.57. The van der Waals surface area contributed by atoms with E-state index < -0.39 is 0 Å². The van der Waals surface area contributed by atoms with Crippen LogP contribution in [0.2, 0.25) is 0 Å². The molecular formula is C14H23N3O. The van der Waals surface area contributed by atoms with Crippen molar-refractivity contribution < 1.29 is 4.79 Å². The average molecular weight is 249 g/mol. The fourth-order valence-electron chi connectivity index (χ4n) is 3.06. The van der Waals surface area contributed by atoms with Gasteiger partial charge in [-0.1, -0.05) is 20.8 Å². The highest BCUT2D eigenvalue weighted by atomic mass is 16.2. The van der Waals surface area contributed by atoms with E-state index >= 15 is 0 Å². The normalized spacial score (nSPS) is 29.1. The van der Waals surface area contributed by atoms with Crippen molar-refractivity contribution in [1.29, 1.82) is 5.26 Å². The molecule has 18 heavy (non-hydrogen) atoms. The van der Waals surface area contributed by atoms with Crippen molar-refractivity contribution in [1.82, 2.24) is 9.80 Å². The summed E-state index contributed by atoms with van der Waals surface area (Å²) in [5, 5.41) is 8.74. The molecule has 2 amide bonds. The van der Waals surface area contributed by atoms with Gasteiger partial charge in [-0.25, -0.2) is 4.79 Å². The molecular weight excluding hydrogens is 226 g/mol. The van der Waals surface area contributed by atoms with E-state index in [2.05, 4.69) is 26.8 Å². The molecule has 2 heterocycles. The first-order valence-electron chi connectivity index (χ1n) is 6.96. The largest absolute Gasteiger partial charge is 0.324 e. The Morgan fingerprint density at radius 3 is 2.50 bits per heavy atom. The maximum absolute atomic E-state index is 12.3. The molecule has 0 unspecified atom stereocenters. The van der Waals surface area contributed by atoms with Gasteiger partial charge in [0.15, 0.2) is 0 Å². The topological polar surface area (TPSA) is 47.3 Å². The van der Waals surface area contributed by atoms with E-state index in [0.29, 0.717) is 30.8 Å². The van der Waals surface area contributed by atoms with Crippen molar-refractivity contribution in [2.24, 2.45) is 23.7 Å². The summed E-state index contributed by atoms with van der Waals surface area (Å²) in [5.74, 6) is 1.99. The maximum atomic E-state index is 12.3. The monoisotopic (exact) mass is 249 g/mol. The maximum Gasteiger partial charge on any atom is 0.320 e. The number of hydrogen-bond donors (Lipinski definition) is 0. The Labute approximate surface area is 110 Å². The van der Waals surface area contributed by atoms with Crippen LogP contribution in [-0.4, -0.2) is 42.0 Å². The zero-order valence-electron chi connectivity index (χ0n) is 11.6. The lowest BCUT2D eigenvalue weighted by molar-refractivity contribution is 0.0688. The van der Waals surface area contributed by atoms with Crippen molar-refractivity contribution in [2.45, 2.75) is 27.2 Å². The number of hydrogen-bond acceptors (Lipinski definition) is 2.